The zero-order chi connectivity index (χ0) is 13.4. The molecule has 0 amide bonds. The standard InChI is InChI=1S/C12H17N3O2S/c1-12(2,13)9-18(16,17)8-10-7-15-6-4-3-5-11(15)14-10/h3-7H,8-9,13H2,1-2H3. The lowest BCUT2D eigenvalue weighted by molar-refractivity contribution is 0.543. The number of sulfone groups is 1. The van der Waals surface area contributed by atoms with Gasteiger partial charge in [0.2, 0.25) is 0 Å². The molecule has 0 saturated heterocycles. The van der Waals surface area contributed by atoms with Crippen LogP contribution in [0.25, 0.3) is 5.65 Å². The molecule has 2 aromatic rings. The van der Waals surface area contributed by atoms with E-state index in [1.807, 2.05) is 24.4 Å². The predicted octanol–water partition coefficient (Wildman–Crippen LogP) is 0.986. The molecule has 0 radical (unpaired) electrons. The number of nitrogens with zero attached hydrogens (tertiary/aromatic N) is 2. The molecule has 0 fully saturated rings. The Bertz CT molecular complexity index is 620. The molecule has 0 aliphatic rings. The molecule has 0 saturated carbocycles. The summed E-state index contributed by atoms with van der Waals surface area (Å²) in [6.07, 6.45) is 3.57. The summed E-state index contributed by atoms with van der Waals surface area (Å²) in [6, 6.07) is 5.57. The average Bonchev–Trinajstić information content (AvgIpc) is 2.53. The summed E-state index contributed by atoms with van der Waals surface area (Å²) < 4.78 is 25.7. The Balaban J connectivity index is 2.23. The van der Waals surface area contributed by atoms with E-state index in [1.54, 1.807) is 24.4 Å². The zero-order valence-electron chi connectivity index (χ0n) is 10.5. The number of fused-ring (bicyclic) bond motifs is 1. The van der Waals surface area contributed by atoms with Gasteiger partial charge >= 0.3 is 0 Å². The number of imidazole rings is 1. The maximum absolute atomic E-state index is 12.0. The summed E-state index contributed by atoms with van der Waals surface area (Å²) in [5.74, 6) is -0.122. The van der Waals surface area contributed by atoms with Gasteiger partial charge in [-0.15, -0.1) is 0 Å². The fraction of sp³-hybridized carbons (Fsp3) is 0.417. The fourth-order valence-electron chi connectivity index (χ4n) is 1.90. The molecule has 0 unspecified atom stereocenters. The Labute approximate surface area is 107 Å². The quantitative estimate of drug-likeness (QED) is 0.896. The summed E-state index contributed by atoms with van der Waals surface area (Å²) >= 11 is 0. The molecule has 2 N–H and O–H groups in total. The highest BCUT2D eigenvalue weighted by Crippen LogP contribution is 2.11. The average molecular weight is 267 g/mol. The highest BCUT2D eigenvalue weighted by molar-refractivity contribution is 7.90. The zero-order valence-corrected chi connectivity index (χ0v) is 11.3. The third kappa shape index (κ3) is 3.30. The third-order valence-corrected chi connectivity index (χ3v) is 4.29. The van der Waals surface area contributed by atoms with Crippen molar-refractivity contribution in [2.45, 2.75) is 25.1 Å². The summed E-state index contributed by atoms with van der Waals surface area (Å²) in [6.45, 7) is 3.41. The largest absolute Gasteiger partial charge is 0.325 e. The Morgan fingerprint density at radius 3 is 2.72 bits per heavy atom. The van der Waals surface area contributed by atoms with E-state index in [1.165, 1.54) is 0 Å². The second kappa shape index (κ2) is 4.37. The molecular weight excluding hydrogens is 250 g/mol. The van der Waals surface area contributed by atoms with Gasteiger partial charge in [0.25, 0.3) is 0 Å². The van der Waals surface area contributed by atoms with Crippen molar-refractivity contribution in [2.75, 3.05) is 5.75 Å². The Kier molecular flexibility index (Phi) is 3.16. The molecule has 18 heavy (non-hydrogen) atoms. The first kappa shape index (κ1) is 13.0. The van der Waals surface area contributed by atoms with Crippen LogP contribution in [-0.4, -0.2) is 29.1 Å². The van der Waals surface area contributed by atoms with Gasteiger partial charge in [-0.05, 0) is 26.0 Å². The molecule has 2 aromatic heterocycles. The maximum atomic E-state index is 12.0. The van der Waals surface area contributed by atoms with E-state index in [2.05, 4.69) is 4.98 Å². The highest BCUT2D eigenvalue weighted by Gasteiger charge is 2.23. The molecule has 2 rings (SSSR count). The van der Waals surface area contributed by atoms with Crippen LogP contribution in [0.15, 0.2) is 30.6 Å². The van der Waals surface area contributed by atoms with Gasteiger partial charge in [-0.2, -0.15) is 0 Å². The number of pyridine rings is 1. The molecule has 5 nitrogen and oxygen atoms in total. The van der Waals surface area contributed by atoms with Crippen molar-refractivity contribution in [2.24, 2.45) is 5.73 Å². The monoisotopic (exact) mass is 267 g/mol. The van der Waals surface area contributed by atoms with E-state index in [9.17, 15) is 8.42 Å². The summed E-state index contributed by atoms with van der Waals surface area (Å²) in [5, 5.41) is 0. The van der Waals surface area contributed by atoms with Crippen LogP contribution >= 0.6 is 0 Å². The summed E-state index contributed by atoms with van der Waals surface area (Å²) in [5.41, 5.74) is 6.31. The minimum absolute atomic E-state index is 0.0477. The first-order valence-corrected chi connectivity index (χ1v) is 7.49. The van der Waals surface area contributed by atoms with E-state index in [-0.39, 0.29) is 11.5 Å². The lowest BCUT2D eigenvalue weighted by Crippen LogP contribution is -2.40. The molecule has 0 aliphatic carbocycles. The second-order valence-electron chi connectivity index (χ2n) is 5.22. The lowest BCUT2D eigenvalue weighted by atomic mass is 10.1. The van der Waals surface area contributed by atoms with Gasteiger partial charge < -0.3 is 10.1 Å². The topological polar surface area (TPSA) is 77.5 Å². The van der Waals surface area contributed by atoms with E-state index in [4.69, 9.17) is 5.73 Å². The van der Waals surface area contributed by atoms with Crippen molar-refractivity contribution >= 4 is 15.5 Å². The molecule has 0 atom stereocenters. The van der Waals surface area contributed by atoms with E-state index in [0.29, 0.717) is 5.69 Å². The van der Waals surface area contributed by atoms with Crippen LogP contribution in [0, 0.1) is 0 Å². The molecule has 0 aromatic carbocycles. The predicted molar refractivity (Wildman–Crippen MR) is 70.9 cm³/mol. The van der Waals surface area contributed by atoms with Gasteiger partial charge in [-0.25, -0.2) is 13.4 Å². The number of nitrogens with two attached hydrogens (primary N) is 1. The SMILES string of the molecule is CC(C)(N)CS(=O)(=O)Cc1cn2ccccc2n1. The number of hydrogen-bond acceptors (Lipinski definition) is 4. The lowest BCUT2D eigenvalue weighted by Gasteiger charge is -2.17. The van der Waals surface area contributed by atoms with Crippen molar-refractivity contribution in [3.05, 3.63) is 36.3 Å². The maximum Gasteiger partial charge on any atom is 0.157 e. The van der Waals surface area contributed by atoms with Crippen LogP contribution in [0.3, 0.4) is 0 Å². The van der Waals surface area contributed by atoms with Crippen LogP contribution in [0.4, 0.5) is 0 Å². The first-order valence-electron chi connectivity index (χ1n) is 5.67. The molecular formula is C12H17N3O2S. The molecule has 0 bridgehead atoms. The van der Waals surface area contributed by atoms with Crippen molar-refractivity contribution < 1.29 is 8.42 Å². The van der Waals surface area contributed by atoms with E-state index >= 15 is 0 Å². The van der Waals surface area contributed by atoms with Crippen LogP contribution in [0.1, 0.15) is 19.5 Å². The summed E-state index contributed by atoms with van der Waals surface area (Å²) in [7, 11) is -3.24. The Hall–Kier alpha value is -1.40. The highest BCUT2D eigenvalue weighted by atomic mass is 32.2. The van der Waals surface area contributed by atoms with Gasteiger partial charge in [0.05, 0.1) is 17.2 Å². The normalized spacial score (nSPS) is 13.1. The number of rotatable bonds is 4. The van der Waals surface area contributed by atoms with Crippen LogP contribution in [0.5, 0.6) is 0 Å². The molecule has 0 spiro atoms. The van der Waals surface area contributed by atoms with E-state index in [0.717, 1.165) is 5.65 Å². The van der Waals surface area contributed by atoms with Gasteiger partial charge in [0.15, 0.2) is 9.84 Å². The van der Waals surface area contributed by atoms with Crippen molar-refractivity contribution in [3.63, 3.8) is 0 Å². The van der Waals surface area contributed by atoms with Gasteiger partial charge in [-0.1, -0.05) is 6.07 Å². The third-order valence-electron chi connectivity index (χ3n) is 2.37. The second-order valence-corrected chi connectivity index (χ2v) is 7.28. The minimum Gasteiger partial charge on any atom is -0.325 e. The first-order chi connectivity index (χ1) is 8.25. The van der Waals surface area contributed by atoms with Crippen LogP contribution in [0.2, 0.25) is 0 Å². The molecule has 2 heterocycles. The van der Waals surface area contributed by atoms with E-state index < -0.39 is 15.4 Å². The smallest absolute Gasteiger partial charge is 0.157 e. The molecule has 98 valence electrons. The number of hydrogen-bond donors (Lipinski definition) is 1. The summed E-state index contributed by atoms with van der Waals surface area (Å²) in [4.78, 5) is 4.27. The minimum atomic E-state index is -3.24. The fourth-order valence-corrected chi connectivity index (χ4v) is 3.73. The van der Waals surface area contributed by atoms with Gasteiger partial charge in [0.1, 0.15) is 5.65 Å². The number of aromatic nitrogens is 2. The van der Waals surface area contributed by atoms with Gasteiger partial charge in [-0.3, -0.25) is 0 Å². The van der Waals surface area contributed by atoms with Crippen LogP contribution < -0.4 is 5.73 Å². The Morgan fingerprint density at radius 2 is 2.11 bits per heavy atom. The van der Waals surface area contributed by atoms with Crippen molar-refractivity contribution in [1.82, 2.24) is 9.38 Å². The van der Waals surface area contributed by atoms with Gasteiger partial charge in [0, 0.05) is 17.9 Å². The van der Waals surface area contributed by atoms with Crippen molar-refractivity contribution in [1.29, 1.82) is 0 Å². The van der Waals surface area contributed by atoms with Crippen molar-refractivity contribution in [3.8, 4) is 0 Å². The Morgan fingerprint density at radius 1 is 1.39 bits per heavy atom. The molecule has 6 heteroatoms. The molecule has 0 aliphatic heterocycles. The van der Waals surface area contributed by atoms with Crippen LogP contribution in [-0.2, 0) is 15.6 Å².